The quantitative estimate of drug-likeness (QED) is 0.0321. The SMILES string of the molecule is CCCC/C=C\CCCCCCCC(=O)OCCCCCCCCCCCCCCCCCCCCCCCCCCCCCCCCC(=O)NC(CO)C(O)/C=C/CCCCCCCCCC. The predicted molar refractivity (Wildman–Crippen MR) is 296 cm³/mol. The van der Waals surface area contributed by atoms with Gasteiger partial charge in [0.05, 0.1) is 25.4 Å². The largest absolute Gasteiger partial charge is 0.466 e. The zero-order chi connectivity index (χ0) is 49.3. The topological polar surface area (TPSA) is 95.9 Å². The fourth-order valence-electron chi connectivity index (χ4n) is 9.50. The lowest BCUT2D eigenvalue weighted by Crippen LogP contribution is -2.45. The molecule has 2 unspecified atom stereocenters. The molecular weight excluding hydrogens is 839 g/mol. The molecule has 0 radical (unpaired) electrons. The van der Waals surface area contributed by atoms with E-state index in [4.69, 9.17) is 4.74 Å². The van der Waals surface area contributed by atoms with Crippen molar-refractivity contribution in [2.75, 3.05) is 13.2 Å². The fraction of sp³-hybridized carbons (Fsp3) is 0.903. The molecule has 0 spiro atoms. The van der Waals surface area contributed by atoms with Crippen LogP contribution >= 0.6 is 0 Å². The maximum Gasteiger partial charge on any atom is 0.305 e. The molecule has 1 amide bonds. The molecule has 0 saturated carbocycles. The first-order valence-electron chi connectivity index (χ1n) is 30.6. The van der Waals surface area contributed by atoms with Gasteiger partial charge in [0.1, 0.15) is 0 Å². The molecule has 0 aromatic rings. The van der Waals surface area contributed by atoms with Gasteiger partial charge in [-0.2, -0.15) is 0 Å². The normalized spacial score (nSPS) is 12.7. The summed E-state index contributed by atoms with van der Waals surface area (Å²) in [4.78, 5) is 24.4. The highest BCUT2D eigenvalue weighted by Gasteiger charge is 2.18. The number of allylic oxidation sites excluding steroid dienone is 3. The van der Waals surface area contributed by atoms with E-state index in [0.29, 0.717) is 19.4 Å². The summed E-state index contributed by atoms with van der Waals surface area (Å²) in [6.07, 6.45) is 71.0. The van der Waals surface area contributed by atoms with Gasteiger partial charge in [-0.25, -0.2) is 0 Å². The van der Waals surface area contributed by atoms with Gasteiger partial charge in [0, 0.05) is 12.8 Å². The third-order valence-corrected chi connectivity index (χ3v) is 14.2. The van der Waals surface area contributed by atoms with E-state index >= 15 is 0 Å². The van der Waals surface area contributed by atoms with Crippen molar-refractivity contribution in [2.24, 2.45) is 0 Å². The molecule has 2 atom stereocenters. The van der Waals surface area contributed by atoms with Crippen LogP contribution in [0.15, 0.2) is 24.3 Å². The first-order chi connectivity index (χ1) is 33.5. The highest BCUT2D eigenvalue weighted by molar-refractivity contribution is 5.76. The summed E-state index contributed by atoms with van der Waals surface area (Å²) in [5.41, 5.74) is 0. The van der Waals surface area contributed by atoms with Gasteiger partial charge in [0.15, 0.2) is 0 Å². The highest BCUT2D eigenvalue weighted by atomic mass is 16.5. The van der Waals surface area contributed by atoms with E-state index in [-0.39, 0.29) is 18.5 Å². The summed E-state index contributed by atoms with van der Waals surface area (Å²) in [5.74, 6) is -0.0565. The molecule has 0 heterocycles. The summed E-state index contributed by atoms with van der Waals surface area (Å²) in [6.45, 7) is 4.86. The summed E-state index contributed by atoms with van der Waals surface area (Å²) in [5, 5.41) is 23.0. The predicted octanol–water partition coefficient (Wildman–Crippen LogP) is 19.0. The lowest BCUT2D eigenvalue weighted by molar-refractivity contribution is -0.143. The molecule has 0 aliphatic heterocycles. The minimum Gasteiger partial charge on any atom is -0.466 e. The van der Waals surface area contributed by atoms with E-state index in [0.717, 1.165) is 44.9 Å². The van der Waals surface area contributed by atoms with Crippen LogP contribution in [0.3, 0.4) is 0 Å². The van der Waals surface area contributed by atoms with Crippen molar-refractivity contribution in [1.29, 1.82) is 0 Å². The van der Waals surface area contributed by atoms with Gasteiger partial charge in [-0.05, 0) is 51.4 Å². The van der Waals surface area contributed by atoms with Crippen molar-refractivity contribution < 1.29 is 24.5 Å². The summed E-state index contributed by atoms with van der Waals surface area (Å²) >= 11 is 0. The molecule has 0 aliphatic rings. The number of aliphatic hydroxyl groups excluding tert-OH is 2. The van der Waals surface area contributed by atoms with Crippen LogP contribution in [0.25, 0.3) is 0 Å². The summed E-state index contributed by atoms with van der Waals surface area (Å²) in [7, 11) is 0. The Morgan fingerprint density at radius 3 is 1.09 bits per heavy atom. The average Bonchev–Trinajstić information content (AvgIpc) is 3.34. The molecule has 0 aliphatic carbocycles. The van der Waals surface area contributed by atoms with Gasteiger partial charge in [-0.3, -0.25) is 9.59 Å². The third-order valence-electron chi connectivity index (χ3n) is 14.2. The van der Waals surface area contributed by atoms with Crippen molar-refractivity contribution in [3.05, 3.63) is 24.3 Å². The molecule has 6 nitrogen and oxygen atoms in total. The number of nitrogens with one attached hydrogen (secondary N) is 1. The maximum absolute atomic E-state index is 12.4. The number of carbonyl (C=O) groups excluding carboxylic acids is 2. The Hall–Kier alpha value is -1.66. The molecule has 0 aromatic heterocycles. The van der Waals surface area contributed by atoms with Gasteiger partial charge in [-0.1, -0.05) is 295 Å². The van der Waals surface area contributed by atoms with E-state index in [1.54, 1.807) is 6.08 Å². The number of esters is 1. The number of rotatable bonds is 57. The molecule has 0 bridgehead atoms. The Morgan fingerprint density at radius 1 is 0.397 bits per heavy atom. The van der Waals surface area contributed by atoms with Gasteiger partial charge >= 0.3 is 5.97 Å². The Labute approximate surface area is 424 Å². The van der Waals surface area contributed by atoms with Crippen LogP contribution in [0.4, 0.5) is 0 Å². The standard InChI is InChI=1S/C62H119NO5/c1-3-5-7-9-11-13-35-40-44-48-52-56-62(67)68-57-53-49-45-41-37-34-32-30-28-26-24-22-20-18-16-15-17-19-21-23-25-27-29-31-33-36-39-43-47-51-55-61(66)63-59(58-64)60(65)54-50-46-42-38-14-12-10-8-6-4-2/h9,11,50,54,59-60,64-65H,3-8,10,12-49,51-53,55-58H2,1-2H3,(H,63,66)/b11-9-,54-50+. The smallest absolute Gasteiger partial charge is 0.305 e. The van der Waals surface area contributed by atoms with Crippen molar-refractivity contribution in [1.82, 2.24) is 5.32 Å². The van der Waals surface area contributed by atoms with E-state index in [1.165, 1.54) is 263 Å². The van der Waals surface area contributed by atoms with Gasteiger partial charge in [0.2, 0.25) is 5.91 Å². The van der Waals surface area contributed by atoms with Crippen LogP contribution in [-0.4, -0.2) is 47.4 Å². The number of aliphatic hydroxyl groups is 2. The Balaban J connectivity index is 3.32. The zero-order valence-corrected chi connectivity index (χ0v) is 45.9. The lowest BCUT2D eigenvalue weighted by atomic mass is 10.0. The van der Waals surface area contributed by atoms with E-state index in [2.05, 4.69) is 31.3 Å². The molecule has 68 heavy (non-hydrogen) atoms. The minimum atomic E-state index is -0.839. The van der Waals surface area contributed by atoms with Crippen LogP contribution in [0.1, 0.15) is 335 Å². The molecular formula is C62H119NO5. The Morgan fingerprint density at radius 2 is 0.706 bits per heavy atom. The second kappa shape index (κ2) is 57.9. The molecule has 0 aromatic carbocycles. The van der Waals surface area contributed by atoms with Crippen LogP contribution in [0.5, 0.6) is 0 Å². The molecule has 0 fully saturated rings. The second-order valence-electron chi connectivity index (χ2n) is 21.0. The maximum atomic E-state index is 12.4. The van der Waals surface area contributed by atoms with Gasteiger partial charge in [-0.15, -0.1) is 0 Å². The minimum absolute atomic E-state index is 0.00859. The zero-order valence-electron chi connectivity index (χ0n) is 45.9. The Kier molecular flexibility index (Phi) is 56.5. The van der Waals surface area contributed by atoms with Crippen LogP contribution in [-0.2, 0) is 14.3 Å². The van der Waals surface area contributed by atoms with Crippen LogP contribution < -0.4 is 5.32 Å². The average molecular weight is 959 g/mol. The first kappa shape index (κ1) is 66.3. The van der Waals surface area contributed by atoms with Crippen LogP contribution in [0.2, 0.25) is 0 Å². The second-order valence-corrected chi connectivity index (χ2v) is 21.0. The van der Waals surface area contributed by atoms with Crippen LogP contribution in [0, 0.1) is 0 Å². The van der Waals surface area contributed by atoms with E-state index in [9.17, 15) is 19.8 Å². The third kappa shape index (κ3) is 53.7. The monoisotopic (exact) mass is 958 g/mol. The molecule has 0 saturated heterocycles. The summed E-state index contributed by atoms with van der Waals surface area (Å²) < 4.78 is 5.46. The number of unbranched alkanes of at least 4 members (excludes halogenated alkanes) is 44. The number of amides is 1. The van der Waals surface area contributed by atoms with Crippen molar-refractivity contribution in [3.8, 4) is 0 Å². The number of carbonyl (C=O) groups is 2. The lowest BCUT2D eigenvalue weighted by Gasteiger charge is -2.20. The summed E-state index contributed by atoms with van der Waals surface area (Å²) in [6, 6.07) is -0.622. The molecule has 6 heteroatoms. The van der Waals surface area contributed by atoms with E-state index in [1.807, 2.05) is 6.08 Å². The number of ether oxygens (including phenoxy) is 1. The fourth-order valence-corrected chi connectivity index (χ4v) is 9.50. The Bertz CT molecular complexity index is 1060. The first-order valence-corrected chi connectivity index (χ1v) is 30.6. The number of hydrogen-bond acceptors (Lipinski definition) is 5. The van der Waals surface area contributed by atoms with E-state index < -0.39 is 12.1 Å². The highest BCUT2D eigenvalue weighted by Crippen LogP contribution is 2.18. The van der Waals surface area contributed by atoms with Crippen molar-refractivity contribution >= 4 is 11.9 Å². The van der Waals surface area contributed by atoms with Crippen molar-refractivity contribution in [3.63, 3.8) is 0 Å². The van der Waals surface area contributed by atoms with Gasteiger partial charge in [0.25, 0.3) is 0 Å². The number of hydrogen-bond donors (Lipinski definition) is 3. The van der Waals surface area contributed by atoms with Crippen molar-refractivity contribution in [2.45, 2.75) is 347 Å². The molecule has 0 rings (SSSR count). The van der Waals surface area contributed by atoms with Gasteiger partial charge < -0.3 is 20.3 Å². The molecule has 3 N–H and O–H groups in total. The molecule has 402 valence electrons.